The van der Waals surface area contributed by atoms with Crippen molar-refractivity contribution in [3.63, 3.8) is 0 Å². The maximum absolute atomic E-state index is 10.9. The zero-order chi connectivity index (χ0) is 11.6. The van der Waals surface area contributed by atoms with E-state index in [0.717, 1.165) is 31.3 Å². The fourth-order valence-corrected chi connectivity index (χ4v) is 2.75. The van der Waals surface area contributed by atoms with Gasteiger partial charge in [0.15, 0.2) is 0 Å². The Labute approximate surface area is 94.5 Å². The van der Waals surface area contributed by atoms with Crippen LogP contribution in [0.15, 0.2) is 11.1 Å². The molecule has 1 heterocycles. The number of hydrogen-bond donors (Lipinski definition) is 1. The van der Waals surface area contributed by atoms with Gasteiger partial charge in [0, 0.05) is 0 Å². The normalized spacial score (nSPS) is 26.4. The minimum Gasteiger partial charge on any atom is -0.477 e. The molecule has 1 spiro atoms. The Kier molecular flexibility index (Phi) is 2.97. The first-order valence-corrected chi connectivity index (χ1v) is 5.66. The molecule has 0 aromatic rings. The van der Waals surface area contributed by atoms with Gasteiger partial charge >= 0.3 is 5.97 Å². The molecule has 0 aromatic carbocycles. The Hall–Kier alpha value is -1.34. The van der Waals surface area contributed by atoms with E-state index in [-0.39, 0.29) is 11.2 Å². The summed E-state index contributed by atoms with van der Waals surface area (Å²) in [6, 6.07) is 1.80. The fourth-order valence-electron chi connectivity index (χ4n) is 2.75. The quantitative estimate of drug-likeness (QED) is 0.543. The number of hydrogen-bond acceptors (Lipinski definition) is 3. The number of carbonyl (C=O) groups is 1. The van der Waals surface area contributed by atoms with Crippen LogP contribution >= 0.6 is 0 Å². The molecule has 1 saturated heterocycles. The summed E-state index contributed by atoms with van der Waals surface area (Å²) in [5.41, 5.74) is 0.531. The molecule has 1 aliphatic carbocycles. The van der Waals surface area contributed by atoms with Crippen LogP contribution in [0.1, 0.15) is 38.5 Å². The van der Waals surface area contributed by atoms with Crippen LogP contribution in [0.2, 0.25) is 0 Å². The molecule has 2 fully saturated rings. The average Bonchev–Trinajstić information content (AvgIpc) is 2.67. The number of aliphatic carboxylic acids is 1. The highest BCUT2D eigenvalue weighted by Gasteiger charge is 2.39. The molecular weight excluding hydrogens is 206 g/mol. The standard InChI is InChI=1S/C12H15NO3/c13-8-10(11(14)15)9-3-6-16-12(7-9)4-1-2-5-12/h1-7H2,(H,14,15)/b10-9-. The van der Waals surface area contributed by atoms with Gasteiger partial charge in [0.1, 0.15) is 11.6 Å². The molecule has 2 aliphatic rings. The van der Waals surface area contributed by atoms with Gasteiger partial charge in [-0.05, 0) is 31.3 Å². The Morgan fingerprint density at radius 2 is 2.12 bits per heavy atom. The van der Waals surface area contributed by atoms with Crippen molar-refractivity contribution in [3.05, 3.63) is 11.1 Å². The van der Waals surface area contributed by atoms with E-state index in [2.05, 4.69) is 0 Å². The average molecular weight is 221 g/mol. The summed E-state index contributed by atoms with van der Waals surface area (Å²) in [6.45, 7) is 0.549. The van der Waals surface area contributed by atoms with Crippen molar-refractivity contribution in [1.29, 1.82) is 5.26 Å². The van der Waals surface area contributed by atoms with Crippen molar-refractivity contribution in [1.82, 2.24) is 0 Å². The smallest absolute Gasteiger partial charge is 0.346 e. The first-order valence-electron chi connectivity index (χ1n) is 5.66. The number of nitriles is 1. The summed E-state index contributed by atoms with van der Waals surface area (Å²) in [4.78, 5) is 10.9. The maximum Gasteiger partial charge on any atom is 0.346 e. The van der Waals surface area contributed by atoms with Gasteiger partial charge in [-0.1, -0.05) is 12.8 Å². The van der Waals surface area contributed by atoms with Gasteiger partial charge in [-0.3, -0.25) is 0 Å². The molecule has 1 aliphatic heterocycles. The van der Waals surface area contributed by atoms with Gasteiger partial charge in [-0.2, -0.15) is 5.26 Å². The first-order chi connectivity index (χ1) is 7.67. The molecule has 86 valence electrons. The lowest BCUT2D eigenvalue weighted by atomic mass is 9.86. The van der Waals surface area contributed by atoms with E-state index in [9.17, 15) is 4.79 Å². The number of ether oxygens (including phenoxy) is 1. The molecule has 1 N–H and O–H groups in total. The van der Waals surface area contributed by atoms with Crippen LogP contribution in [0.25, 0.3) is 0 Å². The van der Waals surface area contributed by atoms with Crippen LogP contribution in [0, 0.1) is 11.3 Å². The predicted octanol–water partition coefficient (Wildman–Crippen LogP) is 2.01. The number of carboxylic acids is 1. The van der Waals surface area contributed by atoms with Gasteiger partial charge in [0.25, 0.3) is 0 Å². The first kappa shape index (κ1) is 11.2. The molecule has 4 nitrogen and oxygen atoms in total. The van der Waals surface area contributed by atoms with E-state index in [0.29, 0.717) is 19.4 Å². The van der Waals surface area contributed by atoms with E-state index in [1.807, 2.05) is 0 Å². The molecule has 0 radical (unpaired) electrons. The van der Waals surface area contributed by atoms with Crippen LogP contribution in [0.4, 0.5) is 0 Å². The highest BCUT2D eigenvalue weighted by Crippen LogP contribution is 2.42. The van der Waals surface area contributed by atoms with E-state index >= 15 is 0 Å². The van der Waals surface area contributed by atoms with Gasteiger partial charge < -0.3 is 9.84 Å². The van der Waals surface area contributed by atoms with Gasteiger partial charge in [-0.25, -0.2) is 4.79 Å². The molecule has 16 heavy (non-hydrogen) atoms. The molecule has 0 atom stereocenters. The van der Waals surface area contributed by atoms with E-state index < -0.39 is 5.97 Å². The third-order valence-corrected chi connectivity index (χ3v) is 3.54. The molecule has 0 bridgehead atoms. The summed E-state index contributed by atoms with van der Waals surface area (Å²) >= 11 is 0. The summed E-state index contributed by atoms with van der Waals surface area (Å²) in [6.07, 6.45) is 5.48. The molecule has 4 heteroatoms. The lowest BCUT2D eigenvalue weighted by molar-refractivity contribution is -0.132. The second kappa shape index (κ2) is 4.26. The summed E-state index contributed by atoms with van der Waals surface area (Å²) < 4.78 is 5.79. The van der Waals surface area contributed by atoms with Crippen molar-refractivity contribution in [2.24, 2.45) is 0 Å². The van der Waals surface area contributed by atoms with Gasteiger partial charge in [0.05, 0.1) is 12.2 Å². The highest BCUT2D eigenvalue weighted by atomic mass is 16.5. The molecule has 1 saturated carbocycles. The lowest BCUT2D eigenvalue weighted by Gasteiger charge is -2.35. The zero-order valence-electron chi connectivity index (χ0n) is 9.16. The van der Waals surface area contributed by atoms with Crippen molar-refractivity contribution in [2.75, 3.05) is 6.61 Å². The lowest BCUT2D eigenvalue weighted by Crippen LogP contribution is -2.34. The monoisotopic (exact) mass is 221 g/mol. The third-order valence-electron chi connectivity index (χ3n) is 3.54. The topological polar surface area (TPSA) is 70.3 Å². The van der Waals surface area contributed by atoms with Gasteiger partial charge in [0.2, 0.25) is 0 Å². The summed E-state index contributed by atoms with van der Waals surface area (Å²) in [5.74, 6) is -1.10. The Morgan fingerprint density at radius 1 is 1.44 bits per heavy atom. The molecule has 0 amide bonds. The molecule has 0 aromatic heterocycles. The largest absolute Gasteiger partial charge is 0.477 e. The Balaban J connectivity index is 2.24. The van der Waals surface area contributed by atoms with Crippen molar-refractivity contribution >= 4 is 5.97 Å². The van der Waals surface area contributed by atoms with Crippen LogP contribution in [-0.2, 0) is 9.53 Å². The van der Waals surface area contributed by atoms with E-state index in [1.165, 1.54) is 0 Å². The summed E-state index contributed by atoms with van der Waals surface area (Å²) in [7, 11) is 0. The Bertz CT molecular complexity index is 372. The van der Waals surface area contributed by atoms with Crippen LogP contribution in [-0.4, -0.2) is 23.3 Å². The van der Waals surface area contributed by atoms with Crippen LogP contribution < -0.4 is 0 Å². The number of nitrogens with zero attached hydrogens (tertiary/aromatic N) is 1. The second-order valence-electron chi connectivity index (χ2n) is 4.56. The minimum absolute atomic E-state index is 0.0745. The van der Waals surface area contributed by atoms with E-state index in [1.54, 1.807) is 6.07 Å². The zero-order valence-corrected chi connectivity index (χ0v) is 9.16. The van der Waals surface area contributed by atoms with Crippen molar-refractivity contribution in [2.45, 2.75) is 44.1 Å². The SMILES string of the molecule is N#C/C(C(=O)O)=C1\CCOC2(CCCC2)C1. The van der Waals surface area contributed by atoms with Crippen molar-refractivity contribution < 1.29 is 14.6 Å². The predicted molar refractivity (Wildman–Crippen MR) is 56.7 cm³/mol. The van der Waals surface area contributed by atoms with E-state index in [4.69, 9.17) is 15.1 Å². The Morgan fingerprint density at radius 3 is 2.69 bits per heavy atom. The number of carboxylic acid groups (broad SMARTS) is 1. The molecule has 2 rings (SSSR count). The van der Waals surface area contributed by atoms with Gasteiger partial charge in [-0.15, -0.1) is 0 Å². The minimum atomic E-state index is -1.10. The second-order valence-corrected chi connectivity index (χ2v) is 4.56. The molecular formula is C12H15NO3. The van der Waals surface area contributed by atoms with Crippen molar-refractivity contribution in [3.8, 4) is 6.07 Å². The highest BCUT2D eigenvalue weighted by molar-refractivity contribution is 5.92. The van der Waals surface area contributed by atoms with Crippen LogP contribution in [0.3, 0.4) is 0 Å². The maximum atomic E-state index is 10.9. The number of rotatable bonds is 1. The summed E-state index contributed by atoms with van der Waals surface area (Å²) in [5, 5.41) is 17.8. The molecule has 0 unspecified atom stereocenters. The fraction of sp³-hybridized carbons (Fsp3) is 0.667. The third kappa shape index (κ3) is 1.96. The van der Waals surface area contributed by atoms with Crippen LogP contribution in [0.5, 0.6) is 0 Å².